The molecule has 0 radical (unpaired) electrons. The minimum atomic E-state index is -0.309. The number of ether oxygens (including phenoxy) is 1. The molecule has 102 valence electrons. The van der Waals surface area contributed by atoms with Crippen LogP contribution in [0.25, 0.3) is 0 Å². The summed E-state index contributed by atoms with van der Waals surface area (Å²) in [5.74, 6) is 1.44. The lowest BCUT2D eigenvalue weighted by Gasteiger charge is -2.12. The van der Waals surface area contributed by atoms with Crippen molar-refractivity contribution in [1.29, 1.82) is 0 Å². The minimum Gasteiger partial charge on any atom is -0.492 e. The number of nitrogens with one attached hydrogen (secondary N) is 1. The minimum absolute atomic E-state index is 0.309. The first-order valence-electron chi connectivity index (χ1n) is 6.62. The Morgan fingerprint density at radius 1 is 1.22 bits per heavy atom. The van der Waals surface area contributed by atoms with Gasteiger partial charge in [-0.1, -0.05) is 19.9 Å². The van der Waals surface area contributed by atoms with Gasteiger partial charge in [0.2, 0.25) is 0 Å². The van der Waals surface area contributed by atoms with E-state index in [2.05, 4.69) is 44.3 Å². The zero-order valence-corrected chi connectivity index (χ0v) is 11.9. The van der Waals surface area contributed by atoms with Crippen LogP contribution in [-0.4, -0.2) is 30.9 Å². The topological polar surface area (TPSA) is 41.5 Å². The Labute approximate surface area is 110 Å². The van der Waals surface area contributed by atoms with Gasteiger partial charge in [0.15, 0.2) is 0 Å². The van der Waals surface area contributed by atoms with E-state index in [9.17, 15) is 0 Å². The molecule has 0 saturated heterocycles. The molecule has 0 spiro atoms. The summed E-state index contributed by atoms with van der Waals surface area (Å²) in [6, 6.07) is 6.36. The fraction of sp³-hybridized carbons (Fsp3) is 0.600. The van der Waals surface area contributed by atoms with Crippen LogP contribution in [0.4, 0.5) is 0 Å². The summed E-state index contributed by atoms with van der Waals surface area (Å²) in [6.07, 6.45) is -0.309. The summed E-state index contributed by atoms with van der Waals surface area (Å²) >= 11 is 0. The van der Waals surface area contributed by atoms with E-state index in [4.69, 9.17) is 9.84 Å². The fourth-order valence-electron chi connectivity index (χ4n) is 1.75. The van der Waals surface area contributed by atoms with E-state index >= 15 is 0 Å². The van der Waals surface area contributed by atoms with Crippen LogP contribution in [0.3, 0.4) is 0 Å². The molecule has 1 unspecified atom stereocenters. The normalized spacial score (nSPS) is 12.8. The molecule has 0 aliphatic rings. The van der Waals surface area contributed by atoms with Crippen LogP contribution in [0, 0.1) is 6.92 Å². The van der Waals surface area contributed by atoms with E-state index in [1.165, 1.54) is 11.1 Å². The molecule has 1 rings (SSSR count). The van der Waals surface area contributed by atoms with Crippen LogP contribution in [0.1, 0.15) is 37.8 Å². The van der Waals surface area contributed by atoms with E-state index < -0.39 is 0 Å². The summed E-state index contributed by atoms with van der Waals surface area (Å²) in [7, 11) is 0. The molecular formula is C15H25NO2. The molecule has 3 heteroatoms. The van der Waals surface area contributed by atoms with E-state index in [0.29, 0.717) is 19.1 Å². The molecule has 0 amide bonds. The van der Waals surface area contributed by atoms with Gasteiger partial charge in [-0.25, -0.2) is 0 Å². The quantitative estimate of drug-likeness (QED) is 0.731. The summed E-state index contributed by atoms with van der Waals surface area (Å²) in [5, 5.41) is 12.2. The first kappa shape index (κ1) is 15.0. The van der Waals surface area contributed by atoms with E-state index in [1.807, 2.05) is 0 Å². The average Bonchev–Trinajstić information content (AvgIpc) is 2.27. The van der Waals surface area contributed by atoms with Crippen LogP contribution < -0.4 is 10.1 Å². The zero-order valence-electron chi connectivity index (χ0n) is 11.9. The Morgan fingerprint density at radius 3 is 2.56 bits per heavy atom. The molecule has 1 aromatic rings. The third kappa shape index (κ3) is 5.52. The maximum atomic E-state index is 9.10. The van der Waals surface area contributed by atoms with Crippen molar-refractivity contribution in [1.82, 2.24) is 5.32 Å². The predicted molar refractivity (Wildman–Crippen MR) is 75.3 cm³/mol. The molecule has 18 heavy (non-hydrogen) atoms. The SMILES string of the molecule is Cc1cc(OCCNCC(C)O)cc(C(C)C)c1. The highest BCUT2D eigenvalue weighted by Gasteiger charge is 2.03. The highest BCUT2D eigenvalue weighted by atomic mass is 16.5. The van der Waals surface area contributed by atoms with Crippen LogP contribution in [-0.2, 0) is 0 Å². The van der Waals surface area contributed by atoms with Crippen molar-refractivity contribution in [2.75, 3.05) is 19.7 Å². The van der Waals surface area contributed by atoms with Crippen molar-refractivity contribution in [3.05, 3.63) is 29.3 Å². The molecular weight excluding hydrogens is 226 g/mol. The molecule has 0 fully saturated rings. The van der Waals surface area contributed by atoms with Crippen LogP contribution in [0.2, 0.25) is 0 Å². The summed E-state index contributed by atoms with van der Waals surface area (Å²) in [5.41, 5.74) is 2.54. The van der Waals surface area contributed by atoms with Gasteiger partial charge in [-0.05, 0) is 43.0 Å². The number of hydrogen-bond donors (Lipinski definition) is 2. The average molecular weight is 251 g/mol. The lowest BCUT2D eigenvalue weighted by molar-refractivity contribution is 0.188. The highest BCUT2D eigenvalue weighted by Crippen LogP contribution is 2.22. The molecule has 2 N–H and O–H groups in total. The second-order valence-electron chi connectivity index (χ2n) is 5.14. The molecule has 0 aliphatic heterocycles. The largest absolute Gasteiger partial charge is 0.492 e. The smallest absolute Gasteiger partial charge is 0.119 e. The van der Waals surface area contributed by atoms with Gasteiger partial charge < -0.3 is 15.2 Å². The van der Waals surface area contributed by atoms with Crippen molar-refractivity contribution >= 4 is 0 Å². The molecule has 0 bridgehead atoms. The van der Waals surface area contributed by atoms with Crippen molar-refractivity contribution in [3.8, 4) is 5.75 Å². The number of benzene rings is 1. The standard InChI is InChI=1S/C15H25NO2/c1-11(2)14-7-12(3)8-15(9-14)18-6-5-16-10-13(4)17/h7-9,11,13,16-17H,5-6,10H2,1-4H3. The maximum Gasteiger partial charge on any atom is 0.119 e. The van der Waals surface area contributed by atoms with Gasteiger partial charge in [0.05, 0.1) is 6.10 Å². The Hall–Kier alpha value is -1.06. The number of aryl methyl sites for hydroxylation is 1. The summed E-state index contributed by atoms with van der Waals surface area (Å²) < 4.78 is 5.72. The Bertz CT molecular complexity index is 362. The number of hydrogen-bond acceptors (Lipinski definition) is 3. The first-order chi connectivity index (χ1) is 8.49. The van der Waals surface area contributed by atoms with Gasteiger partial charge in [0.1, 0.15) is 12.4 Å². The first-order valence-corrected chi connectivity index (χ1v) is 6.62. The van der Waals surface area contributed by atoms with Crippen molar-refractivity contribution in [2.24, 2.45) is 0 Å². The van der Waals surface area contributed by atoms with Gasteiger partial charge in [0.25, 0.3) is 0 Å². The Morgan fingerprint density at radius 2 is 1.94 bits per heavy atom. The lowest BCUT2D eigenvalue weighted by Crippen LogP contribution is -2.28. The van der Waals surface area contributed by atoms with Crippen molar-refractivity contribution < 1.29 is 9.84 Å². The fourth-order valence-corrected chi connectivity index (χ4v) is 1.75. The molecule has 0 heterocycles. The predicted octanol–water partition coefficient (Wildman–Crippen LogP) is 2.47. The Kier molecular flexibility index (Phi) is 6.16. The van der Waals surface area contributed by atoms with Gasteiger partial charge in [0, 0.05) is 13.1 Å². The monoisotopic (exact) mass is 251 g/mol. The molecule has 0 aliphatic carbocycles. The van der Waals surface area contributed by atoms with Crippen LogP contribution in [0.5, 0.6) is 5.75 Å². The van der Waals surface area contributed by atoms with E-state index in [1.54, 1.807) is 6.92 Å². The van der Waals surface area contributed by atoms with Gasteiger partial charge >= 0.3 is 0 Å². The third-order valence-corrected chi connectivity index (χ3v) is 2.73. The van der Waals surface area contributed by atoms with Gasteiger partial charge in [-0.15, -0.1) is 0 Å². The molecule has 3 nitrogen and oxygen atoms in total. The van der Waals surface area contributed by atoms with Crippen LogP contribution >= 0.6 is 0 Å². The summed E-state index contributed by atoms with van der Waals surface area (Å²) in [4.78, 5) is 0. The number of rotatable bonds is 7. The molecule has 0 aromatic heterocycles. The molecule has 1 aromatic carbocycles. The summed E-state index contributed by atoms with van der Waals surface area (Å²) in [6.45, 7) is 10.2. The van der Waals surface area contributed by atoms with Gasteiger partial charge in [-0.2, -0.15) is 0 Å². The van der Waals surface area contributed by atoms with Crippen molar-refractivity contribution in [2.45, 2.75) is 39.7 Å². The van der Waals surface area contributed by atoms with E-state index in [-0.39, 0.29) is 6.10 Å². The molecule has 0 saturated carbocycles. The number of aliphatic hydroxyl groups is 1. The zero-order chi connectivity index (χ0) is 13.5. The second kappa shape index (κ2) is 7.39. The highest BCUT2D eigenvalue weighted by molar-refractivity contribution is 5.35. The van der Waals surface area contributed by atoms with E-state index in [0.717, 1.165) is 12.3 Å². The van der Waals surface area contributed by atoms with Crippen molar-refractivity contribution in [3.63, 3.8) is 0 Å². The van der Waals surface area contributed by atoms with Crippen LogP contribution in [0.15, 0.2) is 18.2 Å². The number of aliphatic hydroxyl groups excluding tert-OH is 1. The maximum absolute atomic E-state index is 9.10. The second-order valence-corrected chi connectivity index (χ2v) is 5.14. The third-order valence-electron chi connectivity index (χ3n) is 2.73. The molecule has 1 atom stereocenters. The lowest BCUT2D eigenvalue weighted by atomic mass is 10.0. The van der Waals surface area contributed by atoms with Gasteiger partial charge in [-0.3, -0.25) is 0 Å². The Balaban J connectivity index is 2.42.